The van der Waals surface area contributed by atoms with Crippen molar-refractivity contribution in [2.24, 2.45) is 5.73 Å². The molecule has 5 nitrogen and oxygen atoms in total. The summed E-state index contributed by atoms with van der Waals surface area (Å²) < 4.78 is 20.5. The summed E-state index contributed by atoms with van der Waals surface area (Å²) >= 11 is 3.21. The summed E-state index contributed by atoms with van der Waals surface area (Å²) in [6.07, 6.45) is 1.44. The van der Waals surface area contributed by atoms with Crippen LogP contribution in [0.25, 0.3) is 0 Å². The molecular weight excluding hydrogens is 341 g/mol. The van der Waals surface area contributed by atoms with E-state index in [9.17, 15) is 9.18 Å². The molecule has 1 atom stereocenters. The summed E-state index contributed by atoms with van der Waals surface area (Å²) in [5.41, 5.74) is 5.89. The normalized spacial score (nSPS) is 12.2. The van der Waals surface area contributed by atoms with Gasteiger partial charge in [-0.1, -0.05) is 15.9 Å². The van der Waals surface area contributed by atoms with Crippen LogP contribution in [-0.2, 0) is 6.54 Å². The zero-order valence-corrected chi connectivity index (χ0v) is 13.0. The van der Waals surface area contributed by atoms with Crippen LogP contribution in [0.5, 0.6) is 5.75 Å². The van der Waals surface area contributed by atoms with Crippen LogP contribution in [0.4, 0.5) is 4.39 Å². The topological polar surface area (TPSA) is 70.1 Å². The Morgan fingerprint density at radius 2 is 2.19 bits per heavy atom. The number of nitrogens with zero attached hydrogens (tertiary/aromatic N) is 2. The van der Waals surface area contributed by atoms with E-state index in [4.69, 9.17) is 10.5 Å². The Balaban J connectivity index is 2.15. The van der Waals surface area contributed by atoms with Gasteiger partial charge in [0.2, 0.25) is 0 Å². The van der Waals surface area contributed by atoms with E-state index in [1.807, 2.05) is 0 Å². The molecule has 112 valence electrons. The molecule has 0 aliphatic carbocycles. The van der Waals surface area contributed by atoms with E-state index < -0.39 is 0 Å². The molecule has 0 spiro atoms. The van der Waals surface area contributed by atoms with E-state index in [0.717, 1.165) is 0 Å². The largest absolute Gasteiger partial charge is 0.490 e. The molecule has 2 aromatic rings. The minimum absolute atomic E-state index is 0.128. The Bertz CT molecular complexity index is 668. The molecule has 7 heteroatoms. The van der Waals surface area contributed by atoms with Crippen LogP contribution in [0, 0.1) is 5.82 Å². The fourth-order valence-electron chi connectivity index (χ4n) is 1.72. The Hall–Kier alpha value is -1.73. The first kappa shape index (κ1) is 15.7. The Morgan fingerprint density at radius 1 is 1.43 bits per heavy atom. The van der Waals surface area contributed by atoms with E-state index in [1.165, 1.54) is 29.1 Å². The first-order chi connectivity index (χ1) is 9.94. The first-order valence-corrected chi connectivity index (χ1v) is 7.14. The molecule has 1 unspecified atom stereocenters. The van der Waals surface area contributed by atoms with Crippen molar-refractivity contribution in [2.75, 3.05) is 6.61 Å². The van der Waals surface area contributed by atoms with Gasteiger partial charge in [-0.05, 0) is 30.7 Å². The van der Waals surface area contributed by atoms with Crippen LogP contribution in [0.2, 0.25) is 0 Å². The van der Waals surface area contributed by atoms with Gasteiger partial charge >= 0.3 is 0 Å². The number of rotatable bonds is 5. The maximum Gasteiger partial charge on any atom is 0.270 e. The van der Waals surface area contributed by atoms with Crippen molar-refractivity contribution in [3.8, 4) is 5.75 Å². The predicted molar refractivity (Wildman–Crippen MR) is 80.8 cm³/mol. The lowest BCUT2D eigenvalue weighted by Gasteiger charge is -2.09. The molecule has 0 bridgehead atoms. The van der Waals surface area contributed by atoms with Crippen molar-refractivity contribution in [3.63, 3.8) is 0 Å². The van der Waals surface area contributed by atoms with E-state index in [-0.39, 0.29) is 24.0 Å². The SMILES string of the molecule is CC(N)COc1cnn(Cc2cc(F)cc(Br)c2)c(=O)c1. The first-order valence-electron chi connectivity index (χ1n) is 6.34. The van der Waals surface area contributed by atoms with Crippen LogP contribution < -0.4 is 16.0 Å². The average Bonchev–Trinajstić information content (AvgIpc) is 2.38. The number of halogens is 2. The standard InChI is InChI=1S/C14H15BrFN3O2/c1-9(17)8-21-13-5-14(20)19(18-6-13)7-10-2-11(15)4-12(16)3-10/h2-6,9H,7-8,17H2,1H3. The molecule has 1 heterocycles. The monoisotopic (exact) mass is 355 g/mol. The molecule has 2 rings (SSSR count). The van der Waals surface area contributed by atoms with Gasteiger partial charge in [0.1, 0.15) is 18.2 Å². The van der Waals surface area contributed by atoms with Gasteiger partial charge in [-0.25, -0.2) is 9.07 Å². The van der Waals surface area contributed by atoms with Crippen molar-refractivity contribution < 1.29 is 9.13 Å². The number of nitrogens with two attached hydrogens (primary N) is 1. The summed E-state index contributed by atoms with van der Waals surface area (Å²) in [6.45, 7) is 2.29. The number of benzene rings is 1. The highest BCUT2D eigenvalue weighted by molar-refractivity contribution is 9.10. The second-order valence-electron chi connectivity index (χ2n) is 4.75. The maximum atomic E-state index is 13.3. The average molecular weight is 356 g/mol. The highest BCUT2D eigenvalue weighted by atomic mass is 79.9. The van der Waals surface area contributed by atoms with Gasteiger partial charge in [0.25, 0.3) is 5.56 Å². The summed E-state index contributed by atoms with van der Waals surface area (Å²) in [6, 6.07) is 5.66. The zero-order chi connectivity index (χ0) is 15.4. The zero-order valence-electron chi connectivity index (χ0n) is 11.4. The minimum atomic E-state index is -0.371. The van der Waals surface area contributed by atoms with E-state index in [0.29, 0.717) is 22.4 Å². The molecule has 0 radical (unpaired) electrons. The molecule has 0 fully saturated rings. The van der Waals surface area contributed by atoms with Crippen molar-refractivity contribution in [1.82, 2.24) is 9.78 Å². The summed E-state index contributed by atoms with van der Waals surface area (Å²) in [4.78, 5) is 11.9. The van der Waals surface area contributed by atoms with E-state index in [1.54, 1.807) is 13.0 Å². The third-order valence-electron chi connectivity index (χ3n) is 2.61. The minimum Gasteiger partial charge on any atom is -0.490 e. The van der Waals surface area contributed by atoms with Crippen molar-refractivity contribution in [1.29, 1.82) is 0 Å². The second-order valence-corrected chi connectivity index (χ2v) is 5.67. The lowest BCUT2D eigenvalue weighted by molar-refractivity contribution is 0.293. The Morgan fingerprint density at radius 3 is 2.81 bits per heavy atom. The van der Waals surface area contributed by atoms with Gasteiger partial charge in [-0.15, -0.1) is 0 Å². The Labute approximate surface area is 129 Å². The lowest BCUT2D eigenvalue weighted by Crippen LogP contribution is -2.26. The molecule has 2 N–H and O–H groups in total. The van der Waals surface area contributed by atoms with E-state index in [2.05, 4.69) is 21.0 Å². The molecule has 0 saturated carbocycles. The third-order valence-corrected chi connectivity index (χ3v) is 3.07. The summed E-state index contributed by atoms with van der Waals surface area (Å²) in [5.74, 6) is -0.00159. The van der Waals surface area contributed by atoms with Crippen LogP contribution in [-0.4, -0.2) is 22.4 Å². The lowest BCUT2D eigenvalue weighted by atomic mass is 10.2. The molecule has 21 heavy (non-hydrogen) atoms. The predicted octanol–water partition coefficient (Wildman–Crippen LogP) is 1.92. The van der Waals surface area contributed by atoms with Crippen LogP contribution in [0.1, 0.15) is 12.5 Å². The van der Waals surface area contributed by atoms with Gasteiger partial charge in [0, 0.05) is 16.6 Å². The van der Waals surface area contributed by atoms with Gasteiger partial charge in [0.05, 0.1) is 12.7 Å². The van der Waals surface area contributed by atoms with E-state index >= 15 is 0 Å². The molecule has 0 amide bonds. The van der Waals surface area contributed by atoms with Gasteiger partial charge in [-0.3, -0.25) is 4.79 Å². The molecule has 1 aromatic heterocycles. The van der Waals surface area contributed by atoms with Gasteiger partial charge in [0.15, 0.2) is 0 Å². The van der Waals surface area contributed by atoms with Gasteiger partial charge in [-0.2, -0.15) is 5.10 Å². The number of aromatic nitrogens is 2. The summed E-state index contributed by atoms with van der Waals surface area (Å²) in [5, 5.41) is 4.01. The quantitative estimate of drug-likeness (QED) is 0.889. The van der Waals surface area contributed by atoms with Crippen molar-refractivity contribution in [3.05, 3.63) is 56.7 Å². The number of hydrogen-bond acceptors (Lipinski definition) is 4. The number of ether oxygens (including phenoxy) is 1. The van der Waals surface area contributed by atoms with Gasteiger partial charge < -0.3 is 10.5 Å². The highest BCUT2D eigenvalue weighted by Crippen LogP contribution is 2.15. The van der Waals surface area contributed by atoms with Crippen LogP contribution >= 0.6 is 15.9 Å². The smallest absolute Gasteiger partial charge is 0.270 e. The van der Waals surface area contributed by atoms with Crippen LogP contribution in [0.3, 0.4) is 0 Å². The molecular formula is C14H15BrFN3O2. The molecule has 1 aromatic carbocycles. The van der Waals surface area contributed by atoms with Crippen LogP contribution in [0.15, 0.2) is 39.7 Å². The molecule has 0 saturated heterocycles. The Kier molecular flexibility index (Phi) is 5.08. The molecule has 0 aliphatic heterocycles. The number of hydrogen-bond donors (Lipinski definition) is 1. The second kappa shape index (κ2) is 6.82. The summed E-state index contributed by atoms with van der Waals surface area (Å²) in [7, 11) is 0. The fraction of sp³-hybridized carbons (Fsp3) is 0.286. The highest BCUT2D eigenvalue weighted by Gasteiger charge is 2.05. The molecule has 0 aliphatic rings. The maximum absolute atomic E-state index is 13.3. The third kappa shape index (κ3) is 4.64. The fourth-order valence-corrected chi connectivity index (χ4v) is 2.23. The van der Waals surface area contributed by atoms with Crippen molar-refractivity contribution >= 4 is 15.9 Å². The van der Waals surface area contributed by atoms with Crippen molar-refractivity contribution in [2.45, 2.75) is 19.5 Å².